The Bertz CT molecular complexity index is 726. The van der Waals surface area contributed by atoms with Crippen LogP contribution in [-0.2, 0) is 6.42 Å². The molecular formula is C21H29N5O. The summed E-state index contributed by atoms with van der Waals surface area (Å²) in [5.74, 6) is 1.91. The van der Waals surface area contributed by atoms with E-state index in [0.29, 0.717) is 0 Å². The maximum Gasteiger partial charge on any atom is 0.194 e. The summed E-state index contributed by atoms with van der Waals surface area (Å²) in [6.45, 7) is 7.61. The molecule has 0 saturated carbocycles. The van der Waals surface area contributed by atoms with Crippen LogP contribution in [0.3, 0.4) is 0 Å². The van der Waals surface area contributed by atoms with Gasteiger partial charge in [-0.15, -0.1) is 0 Å². The second kappa shape index (κ2) is 9.80. The zero-order valence-electron chi connectivity index (χ0n) is 16.3. The van der Waals surface area contributed by atoms with Gasteiger partial charge in [0.25, 0.3) is 0 Å². The number of guanidine groups is 1. The third-order valence-corrected chi connectivity index (χ3v) is 4.72. The minimum Gasteiger partial charge on any atom is -0.497 e. The van der Waals surface area contributed by atoms with Crippen molar-refractivity contribution in [2.45, 2.75) is 13.3 Å². The first-order chi connectivity index (χ1) is 13.3. The van der Waals surface area contributed by atoms with Crippen LogP contribution in [0.25, 0.3) is 0 Å². The standard InChI is InChI=1S/C21H29N5O/c1-3-23-21(24-11-9-18-6-5-10-22-17-18)26-14-12-25(13-15-26)19-7-4-8-20(16-19)27-2/h4-8,10,16-17H,3,9,11-15H2,1-2H3,(H,23,24). The van der Waals surface area contributed by atoms with Crippen LogP contribution in [0.15, 0.2) is 53.8 Å². The Kier molecular flexibility index (Phi) is 6.90. The highest BCUT2D eigenvalue weighted by molar-refractivity contribution is 5.80. The van der Waals surface area contributed by atoms with E-state index < -0.39 is 0 Å². The number of rotatable bonds is 6. The Hall–Kier alpha value is -2.76. The maximum atomic E-state index is 5.35. The molecule has 1 aliphatic heterocycles. The molecule has 2 heterocycles. The topological polar surface area (TPSA) is 53.0 Å². The molecule has 3 rings (SSSR count). The van der Waals surface area contributed by atoms with E-state index in [1.807, 2.05) is 24.4 Å². The maximum absolute atomic E-state index is 5.35. The van der Waals surface area contributed by atoms with Gasteiger partial charge >= 0.3 is 0 Å². The van der Waals surface area contributed by atoms with Crippen molar-refractivity contribution in [2.75, 3.05) is 51.3 Å². The van der Waals surface area contributed by atoms with Crippen LogP contribution in [0.4, 0.5) is 5.69 Å². The number of pyridine rings is 1. The number of nitrogens with one attached hydrogen (secondary N) is 1. The number of aliphatic imine (C=N–C) groups is 1. The van der Waals surface area contributed by atoms with Gasteiger partial charge in [-0.2, -0.15) is 0 Å². The van der Waals surface area contributed by atoms with E-state index in [4.69, 9.17) is 9.73 Å². The quantitative estimate of drug-likeness (QED) is 0.628. The summed E-state index contributed by atoms with van der Waals surface area (Å²) in [6.07, 6.45) is 4.63. The van der Waals surface area contributed by atoms with Gasteiger partial charge in [-0.05, 0) is 37.1 Å². The molecule has 2 aromatic rings. The van der Waals surface area contributed by atoms with Crippen molar-refractivity contribution >= 4 is 11.6 Å². The number of methoxy groups -OCH3 is 1. The number of benzene rings is 1. The molecule has 1 aliphatic rings. The van der Waals surface area contributed by atoms with E-state index in [-0.39, 0.29) is 0 Å². The van der Waals surface area contributed by atoms with Gasteiger partial charge in [0.15, 0.2) is 5.96 Å². The van der Waals surface area contributed by atoms with Crippen LogP contribution in [0, 0.1) is 0 Å². The molecule has 27 heavy (non-hydrogen) atoms. The van der Waals surface area contributed by atoms with Crippen LogP contribution in [0.1, 0.15) is 12.5 Å². The van der Waals surface area contributed by atoms with Crippen molar-refractivity contribution in [1.82, 2.24) is 15.2 Å². The molecule has 1 fully saturated rings. The van der Waals surface area contributed by atoms with Crippen molar-refractivity contribution in [2.24, 2.45) is 4.99 Å². The third kappa shape index (κ3) is 5.36. The molecule has 0 atom stereocenters. The first-order valence-corrected chi connectivity index (χ1v) is 9.61. The van der Waals surface area contributed by atoms with Crippen molar-refractivity contribution in [3.05, 3.63) is 54.4 Å². The number of hydrogen-bond donors (Lipinski definition) is 1. The van der Waals surface area contributed by atoms with E-state index in [1.165, 1.54) is 11.3 Å². The van der Waals surface area contributed by atoms with E-state index in [2.05, 4.69) is 45.2 Å². The van der Waals surface area contributed by atoms with E-state index in [0.717, 1.165) is 57.4 Å². The number of piperazine rings is 1. The summed E-state index contributed by atoms with van der Waals surface area (Å²) in [7, 11) is 1.71. The molecule has 0 unspecified atom stereocenters. The molecule has 1 N–H and O–H groups in total. The summed E-state index contributed by atoms with van der Waals surface area (Å²) >= 11 is 0. The highest BCUT2D eigenvalue weighted by Crippen LogP contribution is 2.22. The summed E-state index contributed by atoms with van der Waals surface area (Å²) in [5.41, 5.74) is 2.44. The molecule has 0 amide bonds. The van der Waals surface area contributed by atoms with Gasteiger partial charge in [0.05, 0.1) is 7.11 Å². The molecule has 0 bridgehead atoms. The number of ether oxygens (including phenoxy) is 1. The summed E-state index contributed by atoms with van der Waals surface area (Å²) in [5, 5.41) is 3.43. The van der Waals surface area contributed by atoms with Crippen LogP contribution in [-0.4, -0.2) is 62.2 Å². The Morgan fingerprint density at radius 1 is 1.19 bits per heavy atom. The van der Waals surface area contributed by atoms with Gasteiger partial charge in [-0.1, -0.05) is 12.1 Å². The van der Waals surface area contributed by atoms with E-state index >= 15 is 0 Å². The van der Waals surface area contributed by atoms with Gasteiger partial charge in [0.1, 0.15) is 5.75 Å². The first-order valence-electron chi connectivity index (χ1n) is 9.61. The Labute approximate surface area is 161 Å². The zero-order valence-corrected chi connectivity index (χ0v) is 16.3. The average Bonchev–Trinajstić information content (AvgIpc) is 2.74. The molecule has 6 heteroatoms. The summed E-state index contributed by atoms with van der Waals surface area (Å²) in [6, 6.07) is 12.3. The molecule has 0 radical (unpaired) electrons. The number of hydrogen-bond acceptors (Lipinski definition) is 4. The van der Waals surface area contributed by atoms with Gasteiger partial charge < -0.3 is 19.9 Å². The van der Waals surface area contributed by atoms with Crippen molar-refractivity contribution in [1.29, 1.82) is 0 Å². The number of nitrogens with zero attached hydrogens (tertiary/aromatic N) is 4. The van der Waals surface area contributed by atoms with Crippen molar-refractivity contribution in [3.8, 4) is 5.75 Å². The number of anilines is 1. The molecule has 1 saturated heterocycles. The lowest BCUT2D eigenvalue weighted by Gasteiger charge is -2.37. The lowest BCUT2D eigenvalue weighted by atomic mass is 10.2. The van der Waals surface area contributed by atoms with Gasteiger partial charge in [0, 0.05) is 63.4 Å². The second-order valence-corrected chi connectivity index (χ2v) is 6.52. The Morgan fingerprint density at radius 3 is 2.74 bits per heavy atom. The third-order valence-electron chi connectivity index (χ3n) is 4.72. The fourth-order valence-corrected chi connectivity index (χ4v) is 3.25. The molecular weight excluding hydrogens is 338 g/mol. The molecule has 6 nitrogen and oxygen atoms in total. The minimum atomic E-state index is 0.768. The molecule has 1 aromatic heterocycles. The van der Waals surface area contributed by atoms with Crippen molar-refractivity contribution < 1.29 is 4.74 Å². The normalized spacial score (nSPS) is 15.0. The fraction of sp³-hybridized carbons (Fsp3) is 0.429. The minimum absolute atomic E-state index is 0.768. The van der Waals surface area contributed by atoms with Crippen LogP contribution < -0.4 is 15.0 Å². The molecule has 0 spiro atoms. The molecule has 144 valence electrons. The second-order valence-electron chi connectivity index (χ2n) is 6.52. The lowest BCUT2D eigenvalue weighted by Crippen LogP contribution is -2.52. The van der Waals surface area contributed by atoms with Gasteiger partial charge in [-0.3, -0.25) is 9.98 Å². The summed E-state index contributed by atoms with van der Waals surface area (Å²) in [4.78, 5) is 13.7. The van der Waals surface area contributed by atoms with Gasteiger partial charge in [0.2, 0.25) is 0 Å². The summed E-state index contributed by atoms with van der Waals surface area (Å²) < 4.78 is 5.35. The largest absolute Gasteiger partial charge is 0.497 e. The van der Waals surface area contributed by atoms with Crippen LogP contribution in [0.5, 0.6) is 5.75 Å². The van der Waals surface area contributed by atoms with Crippen molar-refractivity contribution in [3.63, 3.8) is 0 Å². The monoisotopic (exact) mass is 367 g/mol. The highest BCUT2D eigenvalue weighted by Gasteiger charge is 2.20. The van der Waals surface area contributed by atoms with E-state index in [1.54, 1.807) is 13.3 Å². The first kappa shape index (κ1) is 19.0. The van der Waals surface area contributed by atoms with E-state index in [9.17, 15) is 0 Å². The zero-order chi connectivity index (χ0) is 18.9. The molecule has 1 aromatic carbocycles. The Balaban J connectivity index is 1.56. The predicted octanol–water partition coefficient (Wildman–Crippen LogP) is 2.42. The van der Waals surface area contributed by atoms with Crippen LogP contribution in [0.2, 0.25) is 0 Å². The average molecular weight is 367 g/mol. The lowest BCUT2D eigenvalue weighted by molar-refractivity contribution is 0.372. The van der Waals surface area contributed by atoms with Gasteiger partial charge in [-0.25, -0.2) is 0 Å². The van der Waals surface area contributed by atoms with Crippen LogP contribution >= 0.6 is 0 Å². The highest BCUT2D eigenvalue weighted by atomic mass is 16.5. The number of aromatic nitrogens is 1. The smallest absolute Gasteiger partial charge is 0.194 e. The fourth-order valence-electron chi connectivity index (χ4n) is 3.25. The SMILES string of the molecule is CCNC(=NCCc1cccnc1)N1CCN(c2cccc(OC)c2)CC1. The Morgan fingerprint density at radius 2 is 2.04 bits per heavy atom. The molecule has 0 aliphatic carbocycles. The predicted molar refractivity (Wildman–Crippen MR) is 111 cm³/mol.